The maximum Gasteiger partial charge on any atom is 0.389 e. The molecule has 4 aromatic rings. The summed E-state index contributed by atoms with van der Waals surface area (Å²) in [5.74, 6) is 1.66. The van der Waals surface area contributed by atoms with Crippen molar-refractivity contribution in [1.29, 1.82) is 0 Å². The molecule has 5 rings (SSSR count). The second-order valence-electron chi connectivity index (χ2n) is 9.96. The van der Waals surface area contributed by atoms with E-state index in [4.69, 9.17) is 9.72 Å². The summed E-state index contributed by atoms with van der Waals surface area (Å²) in [7, 11) is 0. The molecule has 6 nitrogen and oxygen atoms in total. The van der Waals surface area contributed by atoms with Crippen LogP contribution in [0.2, 0.25) is 0 Å². The number of piperidine rings is 1. The molecule has 9 heteroatoms. The van der Waals surface area contributed by atoms with Crippen molar-refractivity contribution in [2.24, 2.45) is 0 Å². The van der Waals surface area contributed by atoms with Crippen molar-refractivity contribution in [3.05, 3.63) is 72.1 Å². The van der Waals surface area contributed by atoms with Crippen LogP contribution in [0.25, 0.3) is 22.0 Å². The molecular weight excluding hydrogens is 503 g/mol. The number of pyridine rings is 1. The highest BCUT2D eigenvalue weighted by atomic mass is 19.4. The summed E-state index contributed by atoms with van der Waals surface area (Å²) >= 11 is 0. The number of ether oxygens (including phenoxy) is 1. The zero-order chi connectivity index (χ0) is 27.2. The Labute approximate surface area is 226 Å². The molecule has 0 saturated carbocycles. The molecule has 2 aromatic carbocycles. The fourth-order valence-corrected chi connectivity index (χ4v) is 5.00. The first-order chi connectivity index (χ1) is 18.9. The third-order valence-electron chi connectivity index (χ3n) is 6.99. The van der Waals surface area contributed by atoms with Crippen molar-refractivity contribution in [2.75, 3.05) is 18.4 Å². The van der Waals surface area contributed by atoms with Gasteiger partial charge in [0.25, 0.3) is 0 Å². The average Bonchev–Trinajstić information content (AvgIpc) is 2.93. The lowest BCUT2D eigenvalue weighted by molar-refractivity contribution is -0.135. The minimum absolute atomic E-state index is 0.111. The van der Waals surface area contributed by atoms with Gasteiger partial charge in [0.1, 0.15) is 5.75 Å². The Morgan fingerprint density at radius 2 is 1.90 bits per heavy atom. The number of rotatable bonds is 9. The van der Waals surface area contributed by atoms with Crippen molar-refractivity contribution in [3.8, 4) is 22.9 Å². The minimum Gasteiger partial charge on any atom is -0.437 e. The van der Waals surface area contributed by atoms with Gasteiger partial charge >= 0.3 is 6.18 Å². The lowest BCUT2D eigenvalue weighted by Gasteiger charge is -2.23. The molecule has 0 amide bonds. The molecule has 2 aromatic heterocycles. The van der Waals surface area contributed by atoms with E-state index in [0.717, 1.165) is 53.4 Å². The van der Waals surface area contributed by atoms with E-state index in [9.17, 15) is 13.2 Å². The largest absolute Gasteiger partial charge is 0.437 e. The van der Waals surface area contributed by atoms with Gasteiger partial charge in [-0.1, -0.05) is 30.3 Å². The summed E-state index contributed by atoms with van der Waals surface area (Å²) in [6.07, 6.45) is 1.84. The number of benzene rings is 2. The van der Waals surface area contributed by atoms with Crippen molar-refractivity contribution < 1.29 is 17.9 Å². The second kappa shape index (κ2) is 12.0. The third-order valence-corrected chi connectivity index (χ3v) is 6.99. The van der Waals surface area contributed by atoms with Crippen molar-refractivity contribution in [1.82, 2.24) is 20.3 Å². The van der Waals surface area contributed by atoms with Crippen molar-refractivity contribution >= 4 is 16.7 Å². The van der Waals surface area contributed by atoms with Gasteiger partial charge < -0.3 is 15.4 Å². The number of aryl methyl sites for hydroxylation is 2. The molecule has 1 atom stereocenters. The van der Waals surface area contributed by atoms with Crippen molar-refractivity contribution in [3.63, 3.8) is 0 Å². The number of hydrogen-bond donors (Lipinski definition) is 2. The van der Waals surface area contributed by atoms with E-state index in [1.165, 1.54) is 0 Å². The number of nitrogens with one attached hydrogen (secondary N) is 2. The first-order valence-corrected chi connectivity index (χ1v) is 13.4. The molecule has 1 fully saturated rings. The molecule has 1 saturated heterocycles. The Bertz CT molecular complexity index is 1420. The van der Waals surface area contributed by atoms with Gasteiger partial charge in [-0.25, -0.2) is 15.0 Å². The summed E-state index contributed by atoms with van der Waals surface area (Å²) in [5, 5.41) is 8.68. The number of hydrogen-bond acceptors (Lipinski definition) is 6. The number of nitrogens with zero attached hydrogens (tertiary/aromatic N) is 3. The zero-order valence-corrected chi connectivity index (χ0v) is 21.9. The molecule has 1 aliphatic rings. The van der Waals surface area contributed by atoms with Gasteiger partial charge in [0.2, 0.25) is 11.8 Å². The van der Waals surface area contributed by atoms with Crippen LogP contribution in [0, 0.1) is 6.92 Å². The van der Waals surface area contributed by atoms with E-state index >= 15 is 0 Å². The summed E-state index contributed by atoms with van der Waals surface area (Å²) in [6.45, 7) is 3.88. The molecule has 0 aliphatic carbocycles. The monoisotopic (exact) mass is 535 g/mol. The van der Waals surface area contributed by atoms with Gasteiger partial charge in [-0.2, -0.15) is 13.2 Å². The number of halogens is 3. The summed E-state index contributed by atoms with van der Waals surface area (Å²) in [4.78, 5) is 13.7. The Morgan fingerprint density at radius 1 is 1.00 bits per heavy atom. The van der Waals surface area contributed by atoms with Gasteiger partial charge in [-0.15, -0.1) is 0 Å². The molecule has 2 N–H and O–H groups in total. The standard InChI is InChI=1S/C30H32F3N5O/c1-20-12-13-23-21(7-2-3-15-30(31,32)33)8-4-10-24(23)27(20)39-28-25(11-6-17-35-28)26-14-18-36-29(38-26)37-22-9-5-16-34-19-22/h4,6,8,10-14,17-18,22,34H,2-3,5,7,9,15-16,19H2,1H3,(H,36,37,38)/t22-/m0/s1. The number of unbranched alkanes of at least 4 members (excludes halogenated alkanes) is 1. The predicted octanol–water partition coefficient (Wildman–Crippen LogP) is 7.23. The molecule has 1 aliphatic heterocycles. The van der Waals surface area contributed by atoms with E-state index in [1.807, 2.05) is 55.5 Å². The van der Waals surface area contributed by atoms with E-state index in [1.54, 1.807) is 12.4 Å². The topological polar surface area (TPSA) is 72.0 Å². The predicted molar refractivity (Wildman–Crippen MR) is 147 cm³/mol. The van der Waals surface area contributed by atoms with E-state index in [-0.39, 0.29) is 12.5 Å². The van der Waals surface area contributed by atoms with E-state index in [0.29, 0.717) is 36.1 Å². The van der Waals surface area contributed by atoms with Crippen LogP contribution < -0.4 is 15.4 Å². The summed E-state index contributed by atoms with van der Waals surface area (Å²) in [6, 6.07) is 15.7. The average molecular weight is 536 g/mol. The fourth-order valence-electron chi connectivity index (χ4n) is 5.00. The summed E-state index contributed by atoms with van der Waals surface area (Å²) < 4.78 is 44.2. The Hall–Kier alpha value is -3.72. The number of fused-ring (bicyclic) bond motifs is 1. The van der Waals surface area contributed by atoms with Crippen LogP contribution >= 0.6 is 0 Å². The molecule has 0 spiro atoms. The molecular formula is C30H32F3N5O. The first kappa shape index (κ1) is 26.9. The maximum absolute atomic E-state index is 12.6. The van der Waals surface area contributed by atoms with Gasteiger partial charge in [0.05, 0.1) is 11.3 Å². The van der Waals surface area contributed by atoms with Crippen LogP contribution in [0.4, 0.5) is 19.1 Å². The van der Waals surface area contributed by atoms with E-state index < -0.39 is 12.6 Å². The van der Waals surface area contributed by atoms with Crippen LogP contribution in [-0.2, 0) is 6.42 Å². The molecule has 3 heterocycles. The number of aromatic nitrogens is 3. The Balaban J connectivity index is 1.41. The Morgan fingerprint density at radius 3 is 2.72 bits per heavy atom. The minimum atomic E-state index is -4.12. The molecule has 0 unspecified atom stereocenters. The normalized spacial score (nSPS) is 15.8. The molecule has 0 radical (unpaired) electrons. The second-order valence-corrected chi connectivity index (χ2v) is 9.96. The van der Waals surface area contributed by atoms with Crippen LogP contribution in [0.5, 0.6) is 11.6 Å². The lowest BCUT2D eigenvalue weighted by atomic mass is 9.97. The quantitative estimate of drug-likeness (QED) is 0.220. The van der Waals surface area contributed by atoms with E-state index in [2.05, 4.69) is 20.6 Å². The highest BCUT2D eigenvalue weighted by Crippen LogP contribution is 2.38. The lowest BCUT2D eigenvalue weighted by Crippen LogP contribution is -2.38. The van der Waals surface area contributed by atoms with Gasteiger partial charge in [0, 0.05) is 36.8 Å². The maximum atomic E-state index is 12.6. The van der Waals surface area contributed by atoms with Crippen LogP contribution in [0.15, 0.2) is 60.9 Å². The SMILES string of the molecule is Cc1ccc2c(CCCCC(F)(F)F)cccc2c1Oc1ncccc1-c1ccnc(N[C@H]2CCCNC2)n1. The molecule has 0 bridgehead atoms. The molecule has 39 heavy (non-hydrogen) atoms. The first-order valence-electron chi connectivity index (χ1n) is 13.4. The van der Waals surface area contributed by atoms with Crippen molar-refractivity contribution in [2.45, 2.75) is 57.7 Å². The van der Waals surface area contributed by atoms with Gasteiger partial charge in [-0.05, 0) is 80.3 Å². The Kier molecular flexibility index (Phi) is 8.26. The highest BCUT2D eigenvalue weighted by Gasteiger charge is 2.26. The molecule has 204 valence electrons. The van der Waals surface area contributed by atoms with Gasteiger partial charge in [0.15, 0.2) is 0 Å². The number of alkyl halides is 3. The smallest absolute Gasteiger partial charge is 0.389 e. The van der Waals surface area contributed by atoms with Gasteiger partial charge in [-0.3, -0.25) is 0 Å². The zero-order valence-electron chi connectivity index (χ0n) is 21.9. The number of anilines is 1. The van der Waals surface area contributed by atoms with Crippen LogP contribution in [0.3, 0.4) is 0 Å². The highest BCUT2D eigenvalue weighted by molar-refractivity contribution is 5.92. The van der Waals surface area contributed by atoms with Crippen LogP contribution in [0.1, 0.15) is 43.2 Å². The summed E-state index contributed by atoms with van der Waals surface area (Å²) in [5.41, 5.74) is 3.37. The van der Waals surface area contributed by atoms with Crippen LogP contribution in [-0.4, -0.2) is 40.3 Å². The third kappa shape index (κ3) is 6.84. The fraction of sp³-hybridized carbons (Fsp3) is 0.367.